The van der Waals surface area contributed by atoms with E-state index in [0.717, 1.165) is 18.0 Å². The molecule has 1 heterocycles. The van der Waals surface area contributed by atoms with Gasteiger partial charge in [0.05, 0.1) is 5.01 Å². The maximum atomic E-state index is 4.29. The second-order valence-corrected chi connectivity index (χ2v) is 6.54. The SMILES string of the molecule is Cc1ncc(CC(C)(C)CNC(C)C)s1. The summed E-state index contributed by atoms with van der Waals surface area (Å²) in [7, 11) is 0. The molecule has 1 N–H and O–H groups in total. The molecular formula is C12H22N2S. The first-order valence-electron chi connectivity index (χ1n) is 5.54. The largest absolute Gasteiger partial charge is 0.314 e. The summed E-state index contributed by atoms with van der Waals surface area (Å²) in [6.45, 7) is 12.1. The lowest BCUT2D eigenvalue weighted by Crippen LogP contribution is -2.35. The van der Waals surface area contributed by atoms with Gasteiger partial charge in [-0.2, -0.15) is 0 Å². The molecule has 3 heteroatoms. The maximum Gasteiger partial charge on any atom is 0.0896 e. The van der Waals surface area contributed by atoms with Gasteiger partial charge in [-0.15, -0.1) is 11.3 Å². The number of hydrogen-bond donors (Lipinski definition) is 1. The molecule has 0 aliphatic heterocycles. The Labute approximate surface area is 97.1 Å². The predicted molar refractivity (Wildman–Crippen MR) is 67.5 cm³/mol. The molecule has 86 valence electrons. The van der Waals surface area contributed by atoms with E-state index in [1.807, 2.05) is 17.5 Å². The van der Waals surface area contributed by atoms with Crippen molar-refractivity contribution in [2.45, 2.75) is 47.1 Å². The summed E-state index contributed by atoms with van der Waals surface area (Å²) in [5.41, 5.74) is 0.309. The summed E-state index contributed by atoms with van der Waals surface area (Å²) in [6, 6.07) is 0.562. The molecule has 0 unspecified atom stereocenters. The molecule has 1 aromatic heterocycles. The molecule has 0 spiro atoms. The topological polar surface area (TPSA) is 24.9 Å². The minimum Gasteiger partial charge on any atom is -0.314 e. The van der Waals surface area contributed by atoms with Crippen molar-refractivity contribution in [2.24, 2.45) is 5.41 Å². The molecule has 0 aromatic carbocycles. The summed E-state index contributed by atoms with van der Waals surface area (Å²) in [6.07, 6.45) is 3.12. The Bertz CT molecular complexity index is 302. The van der Waals surface area contributed by atoms with Gasteiger partial charge in [0.25, 0.3) is 0 Å². The third kappa shape index (κ3) is 4.76. The Kier molecular flexibility index (Phi) is 4.29. The van der Waals surface area contributed by atoms with Gasteiger partial charge in [-0.05, 0) is 18.8 Å². The Morgan fingerprint density at radius 3 is 2.60 bits per heavy atom. The van der Waals surface area contributed by atoms with Crippen LogP contribution in [0, 0.1) is 12.3 Å². The Hall–Kier alpha value is -0.410. The van der Waals surface area contributed by atoms with Crippen LogP contribution in [0.15, 0.2) is 6.20 Å². The van der Waals surface area contributed by atoms with Crippen LogP contribution in [-0.4, -0.2) is 17.6 Å². The van der Waals surface area contributed by atoms with E-state index < -0.39 is 0 Å². The second kappa shape index (κ2) is 5.08. The average Bonchev–Trinajstić information content (AvgIpc) is 2.47. The number of rotatable bonds is 5. The lowest BCUT2D eigenvalue weighted by atomic mass is 9.88. The van der Waals surface area contributed by atoms with Gasteiger partial charge in [0.2, 0.25) is 0 Å². The van der Waals surface area contributed by atoms with Crippen molar-refractivity contribution in [1.82, 2.24) is 10.3 Å². The molecule has 0 aliphatic carbocycles. The number of nitrogens with one attached hydrogen (secondary N) is 1. The van der Waals surface area contributed by atoms with Crippen molar-refractivity contribution < 1.29 is 0 Å². The highest BCUT2D eigenvalue weighted by Gasteiger charge is 2.19. The van der Waals surface area contributed by atoms with Crippen LogP contribution in [0.5, 0.6) is 0 Å². The maximum absolute atomic E-state index is 4.29. The molecule has 0 atom stereocenters. The fourth-order valence-electron chi connectivity index (χ4n) is 1.50. The number of hydrogen-bond acceptors (Lipinski definition) is 3. The van der Waals surface area contributed by atoms with Crippen molar-refractivity contribution in [3.8, 4) is 0 Å². The quantitative estimate of drug-likeness (QED) is 0.835. The molecule has 15 heavy (non-hydrogen) atoms. The van der Waals surface area contributed by atoms with Crippen LogP contribution in [0.4, 0.5) is 0 Å². The standard InChI is InChI=1S/C12H22N2S/c1-9(2)14-8-12(4,5)6-11-7-13-10(3)15-11/h7,9,14H,6,8H2,1-5H3. The number of nitrogens with zero attached hydrogens (tertiary/aromatic N) is 1. The molecule has 1 aromatic rings. The monoisotopic (exact) mass is 226 g/mol. The number of aryl methyl sites for hydroxylation is 1. The molecule has 0 radical (unpaired) electrons. The number of aromatic nitrogens is 1. The molecule has 0 saturated carbocycles. The average molecular weight is 226 g/mol. The van der Waals surface area contributed by atoms with Crippen LogP contribution in [0.25, 0.3) is 0 Å². The van der Waals surface area contributed by atoms with Gasteiger partial charge in [0.15, 0.2) is 0 Å². The molecular weight excluding hydrogens is 204 g/mol. The predicted octanol–water partition coefficient (Wildman–Crippen LogP) is 3.02. The van der Waals surface area contributed by atoms with Gasteiger partial charge in [0, 0.05) is 23.7 Å². The van der Waals surface area contributed by atoms with Gasteiger partial charge >= 0.3 is 0 Å². The Morgan fingerprint density at radius 1 is 1.47 bits per heavy atom. The highest BCUT2D eigenvalue weighted by atomic mass is 32.1. The first-order valence-corrected chi connectivity index (χ1v) is 6.35. The van der Waals surface area contributed by atoms with Crippen molar-refractivity contribution in [1.29, 1.82) is 0 Å². The zero-order chi connectivity index (χ0) is 11.5. The van der Waals surface area contributed by atoms with Crippen LogP contribution in [0.2, 0.25) is 0 Å². The minimum atomic E-state index is 0.309. The van der Waals surface area contributed by atoms with E-state index in [4.69, 9.17) is 0 Å². The number of thiazole rings is 1. The van der Waals surface area contributed by atoms with Crippen LogP contribution in [0.1, 0.15) is 37.6 Å². The van der Waals surface area contributed by atoms with E-state index in [2.05, 4.69) is 44.9 Å². The summed E-state index contributed by atoms with van der Waals surface area (Å²) in [5.74, 6) is 0. The highest BCUT2D eigenvalue weighted by Crippen LogP contribution is 2.24. The van der Waals surface area contributed by atoms with Crippen LogP contribution in [0.3, 0.4) is 0 Å². The zero-order valence-electron chi connectivity index (χ0n) is 10.4. The lowest BCUT2D eigenvalue weighted by Gasteiger charge is -2.25. The molecule has 0 amide bonds. The van der Waals surface area contributed by atoms with E-state index >= 15 is 0 Å². The normalized spacial score (nSPS) is 12.4. The first kappa shape index (κ1) is 12.7. The van der Waals surface area contributed by atoms with E-state index in [1.165, 1.54) is 4.88 Å². The molecule has 0 fully saturated rings. The lowest BCUT2D eigenvalue weighted by molar-refractivity contribution is 0.327. The van der Waals surface area contributed by atoms with Crippen molar-refractivity contribution >= 4 is 11.3 Å². The highest BCUT2D eigenvalue weighted by molar-refractivity contribution is 7.11. The van der Waals surface area contributed by atoms with Gasteiger partial charge in [0.1, 0.15) is 0 Å². The molecule has 0 aliphatic rings. The smallest absolute Gasteiger partial charge is 0.0896 e. The van der Waals surface area contributed by atoms with Gasteiger partial charge in [-0.25, -0.2) is 4.98 Å². The summed E-state index contributed by atoms with van der Waals surface area (Å²) >= 11 is 1.81. The molecule has 1 rings (SSSR count). The van der Waals surface area contributed by atoms with Crippen LogP contribution < -0.4 is 5.32 Å². The van der Waals surface area contributed by atoms with Gasteiger partial charge in [-0.3, -0.25) is 0 Å². The van der Waals surface area contributed by atoms with Crippen LogP contribution in [-0.2, 0) is 6.42 Å². The summed E-state index contributed by atoms with van der Waals surface area (Å²) in [5, 5.41) is 4.66. The summed E-state index contributed by atoms with van der Waals surface area (Å²) in [4.78, 5) is 5.69. The van der Waals surface area contributed by atoms with Crippen molar-refractivity contribution in [3.05, 3.63) is 16.1 Å². The third-order valence-corrected chi connectivity index (χ3v) is 3.22. The Balaban J connectivity index is 2.48. The fourth-order valence-corrected chi connectivity index (χ4v) is 2.55. The summed E-state index contributed by atoms with van der Waals surface area (Å²) < 4.78 is 0. The van der Waals surface area contributed by atoms with Crippen LogP contribution >= 0.6 is 11.3 Å². The third-order valence-electron chi connectivity index (χ3n) is 2.31. The van der Waals surface area contributed by atoms with E-state index in [9.17, 15) is 0 Å². The molecule has 0 bridgehead atoms. The van der Waals surface area contributed by atoms with E-state index in [0.29, 0.717) is 11.5 Å². The minimum absolute atomic E-state index is 0.309. The zero-order valence-corrected chi connectivity index (χ0v) is 11.2. The van der Waals surface area contributed by atoms with E-state index in [-0.39, 0.29) is 0 Å². The van der Waals surface area contributed by atoms with Gasteiger partial charge < -0.3 is 5.32 Å². The molecule has 0 saturated heterocycles. The van der Waals surface area contributed by atoms with Crippen molar-refractivity contribution in [3.63, 3.8) is 0 Å². The first-order chi connectivity index (χ1) is 6.89. The Morgan fingerprint density at radius 2 is 2.13 bits per heavy atom. The van der Waals surface area contributed by atoms with E-state index in [1.54, 1.807) is 0 Å². The van der Waals surface area contributed by atoms with Gasteiger partial charge in [-0.1, -0.05) is 27.7 Å². The fraction of sp³-hybridized carbons (Fsp3) is 0.750. The van der Waals surface area contributed by atoms with Crippen molar-refractivity contribution in [2.75, 3.05) is 6.54 Å². The molecule has 2 nitrogen and oxygen atoms in total. The second-order valence-electron chi connectivity index (χ2n) is 5.22.